The van der Waals surface area contributed by atoms with Gasteiger partial charge in [-0.1, -0.05) is 25.5 Å². The summed E-state index contributed by atoms with van der Waals surface area (Å²) in [6.07, 6.45) is 6.01. The molecule has 1 aliphatic carbocycles. The minimum Gasteiger partial charge on any atom is -0.355 e. The Hall–Kier alpha value is -0.790. The van der Waals surface area contributed by atoms with Gasteiger partial charge in [0.05, 0.1) is 0 Å². The summed E-state index contributed by atoms with van der Waals surface area (Å²) in [5.41, 5.74) is 1.64. The highest BCUT2D eigenvalue weighted by Gasteiger charge is 2.24. The molecule has 0 radical (unpaired) electrons. The van der Waals surface area contributed by atoms with Crippen LogP contribution in [0.4, 0.5) is 0 Å². The Morgan fingerprint density at radius 1 is 1.62 bits per heavy atom. The van der Waals surface area contributed by atoms with Crippen molar-refractivity contribution in [2.75, 3.05) is 6.54 Å². The van der Waals surface area contributed by atoms with Gasteiger partial charge in [-0.2, -0.15) is 0 Å². The highest BCUT2D eigenvalue weighted by molar-refractivity contribution is 5.72. The summed E-state index contributed by atoms with van der Waals surface area (Å²) in [4.78, 5) is 10.8. The molecular formula is C11H19NO. The fourth-order valence-electron chi connectivity index (χ4n) is 1.74. The molecule has 0 fully saturated rings. The largest absolute Gasteiger partial charge is 0.355 e. The summed E-state index contributed by atoms with van der Waals surface area (Å²) in [6, 6.07) is 0. The standard InChI is InChI=1S/C11H19NO/c1-9(13)12-8-11(2,3)10-6-4-5-7-10/h6H,4-5,7-8H2,1-3H3,(H,12,13). The number of allylic oxidation sites excluding steroid dienone is 1. The Labute approximate surface area is 80.4 Å². The first kappa shape index (κ1) is 10.3. The number of nitrogens with one attached hydrogen (secondary N) is 1. The molecule has 1 aliphatic rings. The van der Waals surface area contributed by atoms with Crippen molar-refractivity contribution < 1.29 is 4.79 Å². The van der Waals surface area contributed by atoms with Gasteiger partial charge in [0.1, 0.15) is 0 Å². The second-order valence-electron chi connectivity index (χ2n) is 4.42. The molecule has 0 spiro atoms. The molecule has 1 rings (SSSR count). The molecule has 0 aromatic carbocycles. The second kappa shape index (κ2) is 3.95. The predicted octanol–water partition coefficient (Wildman–Crippen LogP) is 2.26. The van der Waals surface area contributed by atoms with Gasteiger partial charge in [-0.15, -0.1) is 0 Å². The lowest BCUT2D eigenvalue weighted by molar-refractivity contribution is -0.119. The Morgan fingerprint density at radius 3 is 2.77 bits per heavy atom. The normalized spacial score (nSPS) is 17.0. The summed E-state index contributed by atoms with van der Waals surface area (Å²) in [5, 5.41) is 2.88. The van der Waals surface area contributed by atoms with E-state index in [1.807, 2.05) is 0 Å². The van der Waals surface area contributed by atoms with Crippen LogP contribution < -0.4 is 5.32 Å². The number of hydrogen-bond donors (Lipinski definition) is 1. The van der Waals surface area contributed by atoms with Crippen molar-refractivity contribution >= 4 is 5.91 Å². The van der Waals surface area contributed by atoms with E-state index >= 15 is 0 Å². The van der Waals surface area contributed by atoms with Gasteiger partial charge in [0, 0.05) is 18.9 Å². The van der Waals surface area contributed by atoms with Crippen molar-refractivity contribution in [3.63, 3.8) is 0 Å². The van der Waals surface area contributed by atoms with Crippen LogP contribution in [0.25, 0.3) is 0 Å². The second-order valence-corrected chi connectivity index (χ2v) is 4.42. The summed E-state index contributed by atoms with van der Waals surface area (Å²) in [5.74, 6) is 0.0617. The smallest absolute Gasteiger partial charge is 0.216 e. The van der Waals surface area contributed by atoms with Gasteiger partial charge < -0.3 is 5.32 Å². The van der Waals surface area contributed by atoms with Crippen LogP contribution >= 0.6 is 0 Å². The van der Waals surface area contributed by atoms with Crippen LogP contribution in [0.1, 0.15) is 40.0 Å². The Morgan fingerprint density at radius 2 is 2.31 bits per heavy atom. The Kier molecular flexibility index (Phi) is 3.12. The van der Waals surface area contributed by atoms with Crippen LogP contribution in [0.3, 0.4) is 0 Å². The molecule has 0 aromatic heterocycles. The molecule has 13 heavy (non-hydrogen) atoms. The fraction of sp³-hybridized carbons (Fsp3) is 0.727. The van der Waals surface area contributed by atoms with Gasteiger partial charge in [0.15, 0.2) is 0 Å². The first-order valence-electron chi connectivity index (χ1n) is 4.96. The summed E-state index contributed by atoms with van der Waals surface area (Å²) in [7, 11) is 0. The van der Waals surface area contributed by atoms with Crippen LogP contribution in [-0.4, -0.2) is 12.5 Å². The zero-order chi connectivity index (χ0) is 9.90. The van der Waals surface area contributed by atoms with Crippen LogP contribution in [0.5, 0.6) is 0 Å². The zero-order valence-electron chi connectivity index (χ0n) is 8.81. The topological polar surface area (TPSA) is 29.1 Å². The molecular weight excluding hydrogens is 162 g/mol. The molecule has 1 amide bonds. The third-order valence-electron chi connectivity index (χ3n) is 2.69. The highest BCUT2D eigenvalue weighted by Crippen LogP contribution is 2.33. The molecule has 0 aliphatic heterocycles. The van der Waals surface area contributed by atoms with Gasteiger partial charge in [-0.25, -0.2) is 0 Å². The van der Waals surface area contributed by atoms with E-state index in [1.165, 1.54) is 24.8 Å². The van der Waals surface area contributed by atoms with Crippen molar-refractivity contribution in [2.45, 2.75) is 40.0 Å². The van der Waals surface area contributed by atoms with Crippen LogP contribution in [-0.2, 0) is 4.79 Å². The van der Waals surface area contributed by atoms with E-state index in [0.29, 0.717) is 0 Å². The van der Waals surface area contributed by atoms with E-state index in [4.69, 9.17) is 0 Å². The molecule has 0 saturated heterocycles. The summed E-state index contributed by atoms with van der Waals surface area (Å²) >= 11 is 0. The van der Waals surface area contributed by atoms with Gasteiger partial charge >= 0.3 is 0 Å². The monoisotopic (exact) mass is 181 g/mol. The van der Waals surface area contributed by atoms with Crippen molar-refractivity contribution in [3.8, 4) is 0 Å². The molecule has 2 nitrogen and oxygen atoms in total. The number of carbonyl (C=O) groups is 1. The average molecular weight is 181 g/mol. The lowest BCUT2D eigenvalue weighted by Crippen LogP contribution is -2.33. The SMILES string of the molecule is CC(=O)NCC(C)(C)C1=CCCC1. The molecule has 74 valence electrons. The minimum atomic E-state index is 0.0617. The third kappa shape index (κ3) is 2.87. The zero-order valence-corrected chi connectivity index (χ0v) is 8.81. The summed E-state index contributed by atoms with van der Waals surface area (Å²) < 4.78 is 0. The van der Waals surface area contributed by atoms with Crippen LogP contribution in [0.2, 0.25) is 0 Å². The van der Waals surface area contributed by atoms with Crippen molar-refractivity contribution in [2.24, 2.45) is 5.41 Å². The molecule has 2 heteroatoms. The maximum absolute atomic E-state index is 10.8. The molecule has 0 atom stereocenters. The molecule has 0 heterocycles. The Balaban J connectivity index is 2.49. The lowest BCUT2D eigenvalue weighted by Gasteiger charge is -2.26. The lowest BCUT2D eigenvalue weighted by atomic mass is 9.83. The fourth-order valence-corrected chi connectivity index (χ4v) is 1.74. The average Bonchev–Trinajstić information content (AvgIpc) is 2.53. The Bertz CT molecular complexity index is 228. The predicted molar refractivity (Wildman–Crippen MR) is 54.4 cm³/mol. The van der Waals surface area contributed by atoms with E-state index in [-0.39, 0.29) is 11.3 Å². The number of carbonyl (C=O) groups excluding carboxylic acids is 1. The van der Waals surface area contributed by atoms with Gasteiger partial charge in [-0.05, 0) is 19.3 Å². The molecule has 0 bridgehead atoms. The van der Waals surface area contributed by atoms with Crippen molar-refractivity contribution in [3.05, 3.63) is 11.6 Å². The number of hydrogen-bond acceptors (Lipinski definition) is 1. The van der Waals surface area contributed by atoms with Gasteiger partial charge in [0.2, 0.25) is 5.91 Å². The highest BCUT2D eigenvalue weighted by atomic mass is 16.1. The third-order valence-corrected chi connectivity index (χ3v) is 2.69. The first-order valence-corrected chi connectivity index (χ1v) is 4.96. The maximum atomic E-state index is 10.8. The molecule has 0 saturated carbocycles. The molecule has 0 unspecified atom stereocenters. The van der Waals surface area contributed by atoms with Gasteiger partial charge in [-0.3, -0.25) is 4.79 Å². The van der Waals surface area contributed by atoms with Crippen molar-refractivity contribution in [1.82, 2.24) is 5.32 Å². The first-order chi connectivity index (χ1) is 6.02. The molecule has 0 aromatic rings. The number of rotatable bonds is 3. The quantitative estimate of drug-likeness (QED) is 0.665. The van der Waals surface area contributed by atoms with E-state index in [0.717, 1.165) is 6.54 Å². The van der Waals surface area contributed by atoms with Crippen LogP contribution in [0, 0.1) is 5.41 Å². The summed E-state index contributed by atoms with van der Waals surface area (Å²) in [6.45, 7) is 6.72. The van der Waals surface area contributed by atoms with E-state index in [9.17, 15) is 4.79 Å². The van der Waals surface area contributed by atoms with E-state index in [2.05, 4.69) is 25.2 Å². The minimum absolute atomic E-state index is 0.0617. The van der Waals surface area contributed by atoms with E-state index in [1.54, 1.807) is 6.92 Å². The van der Waals surface area contributed by atoms with Gasteiger partial charge in [0.25, 0.3) is 0 Å². The van der Waals surface area contributed by atoms with Crippen molar-refractivity contribution in [1.29, 1.82) is 0 Å². The molecule has 1 N–H and O–H groups in total. The maximum Gasteiger partial charge on any atom is 0.216 e. The van der Waals surface area contributed by atoms with Crippen LogP contribution in [0.15, 0.2) is 11.6 Å². The number of amides is 1. The van der Waals surface area contributed by atoms with E-state index < -0.39 is 0 Å².